The highest BCUT2D eigenvalue weighted by Gasteiger charge is 2.10. The van der Waals surface area contributed by atoms with Crippen molar-refractivity contribution in [3.8, 4) is 5.69 Å². The second-order valence-corrected chi connectivity index (χ2v) is 5.93. The fourth-order valence-corrected chi connectivity index (χ4v) is 2.37. The highest BCUT2D eigenvalue weighted by Crippen LogP contribution is 2.13. The number of halogens is 2. The maximum absolute atomic E-state index is 12.9. The average Bonchev–Trinajstić information content (AvgIpc) is 2.60. The van der Waals surface area contributed by atoms with Crippen LogP contribution in [0.3, 0.4) is 0 Å². The lowest BCUT2D eigenvalue weighted by Crippen LogP contribution is -2.28. The number of amides is 2. The molecule has 0 radical (unpaired) electrons. The Kier molecular flexibility index (Phi) is 4.90. The number of hydrogen-bond donors (Lipinski definition) is 2. The van der Waals surface area contributed by atoms with E-state index in [1.165, 1.54) is 41.2 Å². The van der Waals surface area contributed by atoms with Crippen LogP contribution in [-0.2, 0) is 0 Å². The van der Waals surface area contributed by atoms with Crippen molar-refractivity contribution in [3.05, 3.63) is 81.6 Å². The summed E-state index contributed by atoms with van der Waals surface area (Å²) in [7, 11) is 0. The van der Waals surface area contributed by atoms with Crippen LogP contribution in [0.2, 0.25) is 0 Å². The minimum absolute atomic E-state index is 0.120. The SMILES string of the molecule is O=C(Nc1ccc(F)cc1)Nc1nccn(-c2ccc(Br)cc2)c1=O. The molecule has 2 amide bonds. The van der Waals surface area contributed by atoms with Gasteiger partial charge in [0, 0.05) is 28.2 Å². The van der Waals surface area contributed by atoms with Gasteiger partial charge in [0.1, 0.15) is 5.82 Å². The van der Waals surface area contributed by atoms with Gasteiger partial charge in [0.05, 0.1) is 0 Å². The molecule has 3 aromatic rings. The lowest BCUT2D eigenvalue weighted by atomic mass is 10.3. The minimum Gasteiger partial charge on any atom is -0.308 e. The zero-order valence-electron chi connectivity index (χ0n) is 12.7. The quantitative estimate of drug-likeness (QED) is 0.699. The summed E-state index contributed by atoms with van der Waals surface area (Å²) in [4.78, 5) is 28.4. The highest BCUT2D eigenvalue weighted by molar-refractivity contribution is 9.10. The summed E-state index contributed by atoms with van der Waals surface area (Å²) in [5.41, 5.74) is 0.555. The summed E-state index contributed by atoms with van der Waals surface area (Å²) in [5.74, 6) is -0.530. The maximum Gasteiger partial charge on any atom is 0.325 e. The first-order valence-electron chi connectivity index (χ1n) is 7.20. The van der Waals surface area contributed by atoms with Crippen LogP contribution in [0.4, 0.5) is 20.7 Å². The molecule has 0 unspecified atom stereocenters. The van der Waals surface area contributed by atoms with E-state index < -0.39 is 17.4 Å². The van der Waals surface area contributed by atoms with Crippen molar-refractivity contribution in [1.29, 1.82) is 0 Å². The number of carbonyl (C=O) groups is 1. The van der Waals surface area contributed by atoms with Crippen molar-refractivity contribution in [1.82, 2.24) is 9.55 Å². The van der Waals surface area contributed by atoms with Gasteiger partial charge in [-0.05, 0) is 48.5 Å². The lowest BCUT2D eigenvalue weighted by Gasteiger charge is -2.09. The number of urea groups is 1. The van der Waals surface area contributed by atoms with E-state index in [0.29, 0.717) is 11.4 Å². The van der Waals surface area contributed by atoms with Crippen molar-refractivity contribution in [2.75, 3.05) is 10.6 Å². The van der Waals surface area contributed by atoms with Crippen LogP contribution in [-0.4, -0.2) is 15.6 Å². The fourth-order valence-electron chi connectivity index (χ4n) is 2.11. The van der Waals surface area contributed by atoms with Gasteiger partial charge in [-0.1, -0.05) is 15.9 Å². The average molecular weight is 403 g/mol. The molecule has 0 saturated heterocycles. The first-order valence-corrected chi connectivity index (χ1v) is 7.99. The lowest BCUT2D eigenvalue weighted by molar-refractivity contribution is 0.262. The maximum atomic E-state index is 12.9. The summed E-state index contributed by atoms with van der Waals surface area (Å²) in [5, 5.41) is 4.90. The number of carbonyl (C=O) groups excluding carboxylic acids is 1. The molecule has 0 saturated carbocycles. The number of nitrogens with zero attached hydrogens (tertiary/aromatic N) is 2. The molecule has 3 rings (SSSR count). The van der Waals surface area contributed by atoms with Crippen LogP contribution in [0.15, 0.2) is 70.2 Å². The molecular formula is C17H12BrFN4O2. The summed E-state index contributed by atoms with van der Waals surface area (Å²) in [6, 6.07) is 11.7. The van der Waals surface area contributed by atoms with Gasteiger partial charge in [-0.3, -0.25) is 14.7 Å². The van der Waals surface area contributed by atoms with Crippen molar-refractivity contribution in [3.63, 3.8) is 0 Å². The summed E-state index contributed by atoms with van der Waals surface area (Å²) in [6.07, 6.45) is 2.92. The van der Waals surface area contributed by atoms with Gasteiger partial charge < -0.3 is 5.32 Å². The van der Waals surface area contributed by atoms with Crippen molar-refractivity contribution >= 4 is 33.5 Å². The van der Waals surface area contributed by atoms with E-state index in [2.05, 4.69) is 31.5 Å². The molecular weight excluding hydrogens is 391 g/mol. The van der Waals surface area contributed by atoms with Crippen molar-refractivity contribution < 1.29 is 9.18 Å². The van der Waals surface area contributed by atoms with Gasteiger partial charge in [0.2, 0.25) is 5.82 Å². The van der Waals surface area contributed by atoms with Gasteiger partial charge >= 0.3 is 6.03 Å². The van der Waals surface area contributed by atoms with Crippen LogP contribution in [0.1, 0.15) is 0 Å². The van der Waals surface area contributed by atoms with Gasteiger partial charge in [0.15, 0.2) is 0 Å². The molecule has 0 bridgehead atoms. The monoisotopic (exact) mass is 402 g/mol. The number of hydrogen-bond acceptors (Lipinski definition) is 3. The Morgan fingerprint density at radius 1 is 1.04 bits per heavy atom. The van der Waals surface area contributed by atoms with Gasteiger partial charge in [-0.25, -0.2) is 14.2 Å². The third-order valence-electron chi connectivity index (χ3n) is 3.28. The van der Waals surface area contributed by atoms with Gasteiger partial charge in [-0.2, -0.15) is 0 Å². The molecule has 1 aromatic heterocycles. The number of rotatable bonds is 3. The molecule has 0 spiro atoms. The zero-order valence-corrected chi connectivity index (χ0v) is 14.3. The van der Waals surface area contributed by atoms with E-state index >= 15 is 0 Å². The first kappa shape index (κ1) is 16.8. The Balaban J connectivity index is 1.80. The van der Waals surface area contributed by atoms with E-state index in [-0.39, 0.29) is 5.82 Å². The highest BCUT2D eigenvalue weighted by atomic mass is 79.9. The number of benzene rings is 2. The van der Waals surface area contributed by atoms with Gasteiger partial charge in [-0.15, -0.1) is 0 Å². The fraction of sp³-hybridized carbons (Fsp3) is 0. The topological polar surface area (TPSA) is 76.0 Å². The molecule has 0 aliphatic heterocycles. The minimum atomic E-state index is -0.648. The molecule has 6 nitrogen and oxygen atoms in total. The van der Waals surface area contributed by atoms with Crippen LogP contribution in [0, 0.1) is 5.82 Å². The van der Waals surface area contributed by atoms with Crippen molar-refractivity contribution in [2.45, 2.75) is 0 Å². The molecule has 2 aromatic carbocycles. The summed E-state index contributed by atoms with van der Waals surface area (Å²) >= 11 is 3.33. The second kappa shape index (κ2) is 7.27. The van der Waals surface area contributed by atoms with E-state index in [4.69, 9.17) is 0 Å². The molecule has 8 heteroatoms. The molecule has 0 atom stereocenters. The van der Waals surface area contributed by atoms with Crippen LogP contribution < -0.4 is 16.2 Å². The van der Waals surface area contributed by atoms with E-state index in [1.807, 2.05) is 0 Å². The van der Waals surface area contributed by atoms with E-state index in [9.17, 15) is 14.0 Å². The molecule has 2 N–H and O–H groups in total. The van der Waals surface area contributed by atoms with Crippen LogP contribution in [0.5, 0.6) is 0 Å². The normalized spacial score (nSPS) is 10.3. The molecule has 126 valence electrons. The molecule has 25 heavy (non-hydrogen) atoms. The molecule has 0 fully saturated rings. The third-order valence-corrected chi connectivity index (χ3v) is 3.81. The zero-order chi connectivity index (χ0) is 17.8. The smallest absolute Gasteiger partial charge is 0.308 e. The van der Waals surface area contributed by atoms with E-state index in [0.717, 1.165) is 4.47 Å². The van der Waals surface area contributed by atoms with Gasteiger partial charge in [0.25, 0.3) is 5.56 Å². The predicted octanol–water partition coefficient (Wildman–Crippen LogP) is 3.78. The first-order chi connectivity index (χ1) is 12.0. The second-order valence-electron chi connectivity index (χ2n) is 5.01. The molecule has 1 heterocycles. The molecule has 0 aliphatic rings. The van der Waals surface area contributed by atoms with Crippen LogP contribution in [0.25, 0.3) is 5.69 Å². The largest absolute Gasteiger partial charge is 0.325 e. The van der Waals surface area contributed by atoms with Crippen LogP contribution >= 0.6 is 15.9 Å². The molecule has 0 aliphatic carbocycles. The Hall–Kier alpha value is -3.00. The number of nitrogens with one attached hydrogen (secondary N) is 2. The summed E-state index contributed by atoms with van der Waals surface area (Å²) in [6.45, 7) is 0. The Bertz CT molecular complexity index is 956. The summed E-state index contributed by atoms with van der Waals surface area (Å²) < 4.78 is 15.1. The third kappa shape index (κ3) is 4.10. The van der Waals surface area contributed by atoms with E-state index in [1.54, 1.807) is 24.3 Å². The standard InChI is InChI=1S/C17H12BrFN4O2/c18-11-1-7-14(8-2-11)23-10-9-20-15(16(23)24)22-17(25)21-13-5-3-12(19)4-6-13/h1-10H,(H2,20,21,22,25). The predicted molar refractivity (Wildman–Crippen MR) is 96.6 cm³/mol. The Morgan fingerprint density at radius 3 is 2.40 bits per heavy atom. The Labute approximate surface area is 150 Å². The Morgan fingerprint density at radius 2 is 1.72 bits per heavy atom. The van der Waals surface area contributed by atoms with Crippen molar-refractivity contribution in [2.24, 2.45) is 0 Å². The number of anilines is 2. The number of aromatic nitrogens is 2.